The molecule has 0 aliphatic heterocycles. The van der Waals surface area contributed by atoms with Gasteiger partial charge in [0.05, 0.1) is 30.5 Å². The lowest BCUT2D eigenvalue weighted by molar-refractivity contribution is -0.384. The van der Waals surface area contributed by atoms with E-state index in [-0.39, 0.29) is 35.2 Å². The van der Waals surface area contributed by atoms with E-state index in [2.05, 4.69) is 15.3 Å². The summed E-state index contributed by atoms with van der Waals surface area (Å²) in [4.78, 5) is 42.1. The van der Waals surface area contributed by atoms with Crippen molar-refractivity contribution in [3.05, 3.63) is 117 Å². The molecule has 0 saturated heterocycles. The lowest BCUT2D eigenvalue weighted by Gasteiger charge is -2.16. The number of methoxy groups -OCH3 is 1. The van der Waals surface area contributed by atoms with Crippen LogP contribution < -0.4 is 4.74 Å². The zero-order valence-corrected chi connectivity index (χ0v) is 19.9. The van der Waals surface area contributed by atoms with E-state index >= 15 is 0 Å². The Morgan fingerprint density at radius 2 is 1.68 bits per heavy atom. The maximum absolute atomic E-state index is 13.6. The molecular formula is C27H18N6O5. The number of non-ortho nitro benzene ring substituents is 1. The molecule has 5 aromatic rings. The highest BCUT2D eigenvalue weighted by atomic mass is 16.6. The number of carbonyl (C=O) groups excluding carboxylic acids is 2. The highest BCUT2D eigenvalue weighted by Gasteiger charge is 2.36. The minimum absolute atomic E-state index is 0.0366. The molecule has 0 fully saturated rings. The van der Waals surface area contributed by atoms with Gasteiger partial charge in [0.25, 0.3) is 5.69 Å². The van der Waals surface area contributed by atoms with Gasteiger partial charge in [0.2, 0.25) is 11.6 Å². The molecule has 11 nitrogen and oxygen atoms in total. The summed E-state index contributed by atoms with van der Waals surface area (Å²) < 4.78 is 8.52. The Morgan fingerprint density at radius 3 is 2.39 bits per heavy atom. The third-order valence-electron chi connectivity index (χ3n) is 6.33. The molecule has 1 aliphatic carbocycles. The number of imidazole rings is 1. The van der Waals surface area contributed by atoms with Crippen LogP contribution in [0.1, 0.15) is 37.8 Å². The van der Waals surface area contributed by atoms with Crippen LogP contribution in [0.5, 0.6) is 5.75 Å². The second-order valence-corrected chi connectivity index (χ2v) is 8.58. The van der Waals surface area contributed by atoms with E-state index < -0.39 is 4.92 Å². The van der Waals surface area contributed by atoms with Crippen LogP contribution >= 0.6 is 0 Å². The number of benzene rings is 3. The minimum Gasteiger partial charge on any atom is -0.497 e. The molecule has 2 aromatic heterocycles. The molecule has 2 heterocycles. The molecule has 0 radical (unpaired) electrons. The number of rotatable bonds is 6. The lowest BCUT2D eigenvalue weighted by Crippen LogP contribution is -2.23. The molecule has 11 heteroatoms. The highest BCUT2D eigenvalue weighted by Crippen LogP contribution is 2.33. The van der Waals surface area contributed by atoms with Crippen LogP contribution in [0, 0.1) is 10.1 Å². The number of ketones is 2. The van der Waals surface area contributed by atoms with E-state index in [4.69, 9.17) is 4.74 Å². The van der Waals surface area contributed by atoms with Gasteiger partial charge in [-0.2, -0.15) is 0 Å². The fourth-order valence-electron chi connectivity index (χ4n) is 4.50. The van der Waals surface area contributed by atoms with Gasteiger partial charge in [-0.25, -0.2) is 9.67 Å². The fraction of sp³-hybridized carbons (Fsp3) is 0.0741. The van der Waals surface area contributed by atoms with E-state index in [0.29, 0.717) is 39.6 Å². The summed E-state index contributed by atoms with van der Waals surface area (Å²) in [6.45, 7) is 0.100. The first-order chi connectivity index (χ1) is 18.4. The van der Waals surface area contributed by atoms with Crippen LogP contribution in [0.4, 0.5) is 5.69 Å². The van der Waals surface area contributed by atoms with Crippen molar-refractivity contribution in [3.63, 3.8) is 0 Å². The molecular weight excluding hydrogens is 488 g/mol. The quantitative estimate of drug-likeness (QED) is 0.245. The molecule has 0 atom stereocenters. The number of carbonyl (C=O) groups is 2. The second kappa shape index (κ2) is 8.89. The van der Waals surface area contributed by atoms with Crippen molar-refractivity contribution in [1.82, 2.24) is 24.5 Å². The predicted octanol–water partition coefficient (Wildman–Crippen LogP) is 3.87. The van der Waals surface area contributed by atoms with Crippen molar-refractivity contribution < 1.29 is 19.2 Å². The smallest absolute Gasteiger partial charge is 0.269 e. The second-order valence-electron chi connectivity index (χ2n) is 8.58. The summed E-state index contributed by atoms with van der Waals surface area (Å²) >= 11 is 0. The Bertz CT molecular complexity index is 1750. The number of fused-ring (bicyclic) bond motifs is 2. The van der Waals surface area contributed by atoms with Crippen molar-refractivity contribution in [3.8, 4) is 22.8 Å². The molecule has 0 unspecified atom stereocenters. The highest BCUT2D eigenvalue weighted by molar-refractivity contribution is 6.27. The monoisotopic (exact) mass is 506 g/mol. The van der Waals surface area contributed by atoms with Crippen LogP contribution in [0.3, 0.4) is 0 Å². The zero-order chi connectivity index (χ0) is 26.4. The van der Waals surface area contributed by atoms with Crippen LogP contribution in [0.2, 0.25) is 0 Å². The average molecular weight is 506 g/mol. The topological polar surface area (TPSA) is 135 Å². The Balaban J connectivity index is 1.46. The Hall–Kier alpha value is -5.45. The first-order valence-electron chi connectivity index (χ1n) is 11.5. The average Bonchev–Trinajstić information content (AvgIpc) is 3.57. The number of nitro benzene ring substituents is 1. The van der Waals surface area contributed by atoms with Gasteiger partial charge >= 0.3 is 0 Å². The van der Waals surface area contributed by atoms with Crippen molar-refractivity contribution >= 4 is 17.3 Å². The molecule has 1 aliphatic rings. The largest absolute Gasteiger partial charge is 0.497 e. The van der Waals surface area contributed by atoms with Crippen molar-refractivity contribution in [1.29, 1.82) is 0 Å². The van der Waals surface area contributed by atoms with E-state index in [1.165, 1.54) is 16.8 Å². The van der Waals surface area contributed by atoms with Crippen LogP contribution in [0.25, 0.3) is 17.1 Å². The minimum atomic E-state index is -0.477. The van der Waals surface area contributed by atoms with E-state index in [1.807, 2.05) is 6.07 Å². The van der Waals surface area contributed by atoms with Gasteiger partial charge < -0.3 is 9.30 Å². The van der Waals surface area contributed by atoms with Gasteiger partial charge in [-0.1, -0.05) is 41.6 Å². The molecule has 6 rings (SSSR count). The normalized spacial score (nSPS) is 12.2. The third kappa shape index (κ3) is 3.73. The molecule has 38 heavy (non-hydrogen) atoms. The van der Waals surface area contributed by atoms with E-state index in [0.717, 1.165) is 0 Å². The first-order valence-corrected chi connectivity index (χ1v) is 11.5. The molecule has 186 valence electrons. The summed E-state index contributed by atoms with van der Waals surface area (Å²) in [6.07, 6.45) is 1.66. The Labute approximate surface area is 215 Å². The standard InChI is InChI=1S/C27H18N6O5/c1-38-20-6-4-5-16(13-20)27-28-23-24(26(35)22-8-3-2-7-21(22)25(23)34)31(27)14-17-15-32(30-29-17)18-9-11-19(12-10-18)33(36)37/h2-13,15H,14H2,1H3. The SMILES string of the molecule is COc1cccc(-c2nc3c(n2Cc2cn(-c4ccc([N+](=O)[O-])cc4)nn2)C(=O)c2ccccc2C3=O)c1. The number of aromatic nitrogens is 5. The van der Waals surface area contributed by atoms with E-state index in [1.54, 1.807) is 72.5 Å². The van der Waals surface area contributed by atoms with Gasteiger partial charge in [0.15, 0.2) is 0 Å². The van der Waals surface area contributed by atoms with Gasteiger partial charge in [0.1, 0.15) is 28.7 Å². The maximum Gasteiger partial charge on any atom is 0.269 e. The summed E-state index contributed by atoms with van der Waals surface area (Å²) in [5, 5.41) is 19.4. The Kier molecular flexibility index (Phi) is 5.38. The number of nitro groups is 1. The van der Waals surface area contributed by atoms with Crippen LogP contribution in [-0.2, 0) is 6.54 Å². The van der Waals surface area contributed by atoms with Crippen molar-refractivity contribution in [2.24, 2.45) is 0 Å². The molecule has 0 N–H and O–H groups in total. The van der Waals surface area contributed by atoms with Crippen LogP contribution in [-0.4, -0.2) is 48.1 Å². The number of hydrogen-bond acceptors (Lipinski definition) is 8. The van der Waals surface area contributed by atoms with Gasteiger partial charge in [-0.15, -0.1) is 5.10 Å². The fourth-order valence-corrected chi connectivity index (χ4v) is 4.50. The number of ether oxygens (including phenoxy) is 1. The summed E-state index contributed by atoms with van der Waals surface area (Å²) in [5.74, 6) is 0.376. The Morgan fingerprint density at radius 1 is 0.947 bits per heavy atom. The summed E-state index contributed by atoms with van der Waals surface area (Å²) in [7, 11) is 1.55. The first kappa shape index (κ1) is 23.0. The molecule has 0 amide bonds. The molecule has 0 saturated carbocycles. The van der Waals surface area contributed by atoms with Crippen molar-refractivity contribution in [2.45, 2.75) is 6.54 Å². The lowest BCUT2D eigenvalue weighted by atomic mass is 9.90. The maximum atomic E-state index is 13.6. The van der Waals surface area contributed by atoms with Crippen molar-refractivity contribution in [2.75, 3.05) is 7.11 Å². The zero-order valence-electron chi connectivity index (χ0n) is 19.9. The molecule has 3 aromatic carbocycles. The molecule has 0 bridgehead atoms. The van der Waals surface area contributed by atoms with Gasteiger partial charge in [-0.05, 0) is 24.3 Å². The summed E-state index contributed by atoms with van der Waals surface area (Å²) in [6, 6.07) is 19.8. The van der Waals surface area contributed by atoms with Gasteiger partial charge in [-0.3, -0.25) is 19.7 Å². The number of nitrogens with zero attached hydrogens (tertiary/aromatic N) is 6. The third-order valence-corrected chi connectivity index (χ3v) is 6.33. The number of hydrogen-bond donors (Lipinski definition) is 0. The van der Waals surface area contributed by atoms with E-state index in [9.17, 15) is 19.7 Å². The van der Waals surface area contributed by atoms with Gasteiger partial charge in [0, 0.05) is 28.8 Å². The van der Waals surface area contributed by atoms with Crippen LogP contribution in [0.15, 0.2) is 79.0 Å². The summed E-state index contributed by atoms with van der Waals surface area (Å²) in [5.41, 5.74) is 2.58. The predicted molar refractivity (Wildman–Crippen MR) is 135 cm³/mol. The molecule has 0 spiro atoms.